The summed E-state index contributed by atoms with van der Waals surface area (Å²) >= 11 is 0. The average Bonchev–Trinajstić information content (AvgIpc) is 2.76. The predicted molar refractivity (Wildman–Crippen MR) is 65.0 cm³/mol. The minimum absolute atomic E-state index is 0.300. The van der Waals surface area contributed by atoms with E-state index in [1.165, 1.54) is 6.42 Å². The van der Waals surface area contributed by atoms with Crippen LogP contribution in [0.25, 0.3) is 0 Å². The zero-order valence-corrected chi connectivity index (χ0v) is 10.8. The number of hydrogen-bond donors (Lipinski definition) is 1. The first-order valence-corrected chi connectivity index (χ1v) is 6.48. The molecule has 0 aliphatic heterocycles. The van der Waals surface area contributed by atoms with Crippen molar-refractivity contribution in [2.45, 2.75) is 44.2 Å². The Labute approximate surface area is 107 Å². The molecule has 6 nitrogen and oxygen atoms in total. The maximum atomic E-state index is 5.96. The molecular weight excluding hydrogens is 234 g/mol. The maximum absolute atomic E-state index is 5.96. The van der Waals surface area contributed by atoms with Gasteiger partial charge in [-0.3, -0.25) is 0 Å². The molecular formula is C12H21N3O3. The lowest BCUT2D eigenvalue weighted by Gasteiger charge is -2.26. The Balaban J connectivity index is 1.73. The first-order chi connectivity index (χ1) is 8.79. The average molecular weight is 255 g/mol. The van der Waals surface area contributed by atoms with Crippen LogP contribution in [0.1, 0.15) is 43.4 Å². The number of rotatable bonds is 8. The second-order valence-corrected chi connectivity index (χ2v) is 4.64. The summed E-state index contributed by atoms with van der Waals surface area (Å²) in [5, 5.41) is 3.88. The van der Waals surface area contributed by atoms with Crippen LogP contribution in [-0.2, 0) is 15.9 Å². The minimum atomic E-state index is -0.300. The third-order valence-corrected chi connectivity index (χ3v) is 3.12. The molecule has 1 saturated carbocycles. The Kier molecular flexibility index (Phi) is 5.10. The zero-order valence-electron chi connectivity index (χ0n) is 10.8. The van der Waals surface area contributed by atoms with Crippen LogP contribution in [0.3, 0.4) is 0 Å². The van der Waals surface area contributed by atoms with Crippen LogP contribution in [0.15, 0.2) is 4.52 Å². The Bertz CT molecular complexity index is 352. The van der Waals surface area contributed by atoms with Crippen molar-refractivity contribution < 1.29 is 14.0 Å². The first-order valence-electron chi connectivity index (χ1n) is 6.48. The highest BCUT2D eigenvalue weighted by atomic mass is 16.5. The molecule has 102 valence electrons. The number of ether oxygens (including phenoxy) is 2. The van der Waals surface area contributed by atoms with E-state index in [0.717, 1.165) is 25.7 Å². The van der Waals surface area contributed by atoms with Crippen LogP contribution in [0, 0.1) is 0 Å². The lowest BCUT2D eigenvalue weighted by atomic mass is 9.96. The van der Waals surface area contributed by atoms with Crippen molar-refractivity contribution >= 4 is 0 Å². The summed E-state index contributed by atoms with van der Waals surface area (Å²) in [5.74, 6) is 1.14. The van der Waals surface area contributed by atoms with Crippen LogP contribution >= 0.6 is 0 Å². The molecule has 2 N–H and O–H groups in total. The quantitative estimate of drug-likeness (QED) is 0.703. The van der Waals surface area contributed by atoms with E-state index in [9.17, 15) is 0 Å². The fraction of sp³-hybridized carbons (Fsp3) is 0.833. The second kappa shape index (κ2) is 6.82. The van der Waals surface area contributed by atoms with Crippen molar-refractivity contribution in [3.8, 4) is 0 Å². The number of nitrogens with two attached hydrogens (primary N) is 1. The third-order valence-electron chi connectivity index (χ3n) is 3.12. The molecule has 0 amide bonds. The summed E-state index contributed by atoms with van der Waals surface area (Å²) in [6.45, 7) is 1.15. The van der Waals surface area contributed by atoms with E-state index >= 15 is 0 Å². The van der Waals surface area contributed by atoms with Crippen LogP contribution in [0.4, 0.5) is 0 Å². The highest BCUT2D eigenvalue weighted by Gasteiger charge is 2.21. The van der Waals surface area contributed by atoms with Crippen molar-refractivity contribution in [3.05, 3.63) is 11.7 Å². The number of methoxy groups -OCH3 is 1. The normalized spacial score (nSPS) is 17.7. The number of nitrogens with zero attached hydrogens (tertiary/aromatic N) is 2. The summed E-state index contributed by atoms with van der Waals surface area (Å²) < 4.78 is 15.7. The largest absolute Gasteiger partial charge is 0.385 e. The molecule has 18 heavy (non-hydrogen) atoms. The predicted octanol–water partition coefficient (Wildman–Crippen LogP) is 1.22. The Morgan fingerprint density at radius 3 is 3.00 bits per heavy atom. The molecule has 1 aromatic heterocycles. The van der Waals surface area contributed by atoms with Crippen LogP contribution in [0.2, 0.25) is 0 Å². The molecule has 0 radical (unpaired) electrons. The summed E-state index contributed by atoms with van der Waals surface area (Å²) in [5.41, 5.74) is 5.96. The lowest BCUT2D eigenvalue weighted by Crippen LogP contribution is -2.27. The second-order valence-electron chi connectivity index (χ2n) is 4.64. The van der Waals surface area contributed by atoms with E-state index in [1.54, 1.807) is 7.11 Å². The van der Waals surface area contributed by atoms with Gasteiger partial charge in [-0.05, 0) is 25.7 Å². The SMILES string of the molecule is COCCCc1nc(C(N)COC2CCC2)no1. The van der Waals surface area contributed by atoms with Gasteiger partial charge in [0.25, 0.3) is 0 Å². The van der Waals surface area contributed by atoms with Gasteiger partial charge in [0.15, 0.2) is 5.82 Å². The molecule has 1 fully saturated rings. The highest BCUT2D eigenvalue weighted by molar-refractivity contribution is 4.93. The molecule has 1 aliphatic carbocycles. The molecule has 0 spiro atoms. The van der Waals surface area contributed by atoms with Crippen LogP contribution in [-0.4, -0.2) is 36.6 Å². The molecule has 1 heterocycles. The van der Waals surface area contributed by atoms with E-state index in [0.29, 0.717) is 31.0 Å². The van der Waals surface area contributed by atoms with Gasteiger partial charge in [-0.1, -0.05) is 5.16 Å². The molecule has 1 atom stereocenters. The van der Waals surface area contributed by atoms with E-state index < -0.39 is 0 Å². The van der Waals surface area contributed by atoms with Gasteiger partial charge in [0, 0.05) is 20.1 Å². The minimum Gasteiger partial charge on any atom is -0.385 e. The molecule has 0 saturated heterocycles. The van der Waals surface area contributed by atoms with Gasteiger partial charge in [-0.25, -0.2) is 0 Å². The standard InChI is InChI=1S/C12H21N3O3/c1-16-7-3-6-11-14-12(15-18-11)10(13)8-17-9-4-2-5-9/h9-10H,2-8,13H2,1H3. The Morgan fingerprint density at radius 1 is 1.50 bits per heavy atom. The van der Waals surface area contributed by atoms with Crippen LogP contribution in [0.5, 0.6) is 0 Å². The van der Waals surface area contributed by atoms with Crippen molar-refractivity contribution in [2.24, 2.45) is 5.73 Å². The zero-order chi connectivity index (χ0) is 12.8. The molecule has 1 unspecified atom stereocenters. The highest BCUT2D eigenvalue weighted by Crippen LogP contribution is 2.22. The van der Waals surface area contributed by atoms with Crippen molar-refractivity contribution in [3.63, 3.8) is 0 Å². The summed E-state index contributed by atoms with van der Waals surface area (Å²) in [6.07, 6.45) is 5.50. The fourth-order valence-electron chi connectivity index (χ4n) is 1.74. The number of aromatic nitrogens is 2. The van der Waals surface area contributed by atoms with Gasteiger partial charge < -0.3 is 19.7 Å². The molecule has 6 heteroatoms. The molecule has 0 aromatic carbocycles. The molecule has 2 rings (SSSR count). The Hall–Kier alpha value is -0.980. The van der Waals surface area contributed by atoms with Gasteiger partial charge in [0.2, 0.25) is 5.89 Å². The monoisotopic (exact) mass is 255 g/mol. The van der Waals surface area contributed by atoms with Crippen molar-refractivity contribution in [2.75, 3.05) is 20.3 Å². The smallest absolute Gasteiger partial charge is 0.226 e. The third kappa shape index (κ3) is 3.76. The maximum Gasteiger partial charge on any atom is 0.226 e. The number of hydrogen-bond acceptors (Lipinski definition) is 6. The van der Waals surface area contributed by atoms with Gasteiger partial charge in [-0.2, -0.15) is 4.98 Å². The van der Waals surface area contributed by atoms with Gasteiger partial charge in [0.05, 0.1) is 18.8 Å². The summed E-state index contributed by atoms with van der Waals surface area (Å²) in [6, 6.07) is -0.300. The Morgan fingerprint density at radius 2 is 2.33 bits per heavy atom. The van der Waals surface area contributed by atoms with Gasteiger partial charge in [0.1, 0.15) is 0 Å². The summed E-state index contributed by atoms with van der Waals surface area (Å²) in [7, 11) is 1.67. The van der Waals surface area contributed by atoms with Crippen LogP contribution < -0.4 is 5.73 Å². The van der Waals surface area contributed by atoms with Gasteiger partial charge >= 0.3 is 0 Å². The van der Waals surface area contributed by atoms with Crippen molar-refractivity contribution in [1.29, 1.82) is 0 Å². The number of aryl methyl sites for hydroxylation is 1. The van der Waals surface area contributed by atoms with E-state index in [-0.39, 0.29) is 6.04 Å². The molecule has 1 aliphatic rings. The fourth-order valence-corrected chi connectivity index (χ4v) is 1.74. The topological polar surface area (TPSA) is 83.4 Å². The van der Waals surface area contributed by atoms with Gasteiger partial charge in [-0.15, -0.1) is 0 Å². The summed E-state index contributed by atoms with van der Waals surface area (Å²) in [4.78, 5) is 4.27. The van der Waals surface area contributed by atoms with E-state index in [4.69, 9.17) is 19.7 Å². The molecule has 1 aromatic rings. The molecule has 0 bridgehead atoms. The van der Waals surface area contributed by atoms with Crippen molar-refractivity contribution in [1.82, 2.24) is 10.1 Å². The lowest BCUT2D eigenvalue weighted by molar-refractivity contribution is -0.00549. The first kappa shape index (κ1) is 13.5. The van der Waals surface area contributed by atoms with E-state index in [1.807, 2.05) is 0 Å². The van der Waals surface area contributed by atoms with E-state index in [2.05, 4.69) is 10.1 Å².